The lowest BCUT2D eigenvalue weighted by Gasteiger charge is -2.04. The van der Waals surface area contributed by atoms with Gasteiger partial charge in [0.05, 0.1) is 0 Å². The van der Waals surface area contributed by atoms with Crippen molar-refractivity contribution in [1.82, 2.24) is 20.8 Å². The van der Waals surface area contributed by atoms with Gasteiger partial charge in [0.25, 0.3) is 5.91 Å². The lowest BCUT2D eigenvalue weighted by molar-refractivity contribution is -0.120. The summed E-state index contributed by atoms with van der Waals surface area (Å²) in [5, 5.41) is 15.7. The molecule has 0 bridgehead atoms. The van der Waals surface area contributed by atoms with Gasteiger partial charge in [0.2, 0.25) is 5.91 Å². The minimum absolute atomic E-state index is 0.121. The van der Waals surface area contributed by atoms with Crippen LogP contribution >= 0.6 is 0 Å². The van der Waals surface area contributed by atoms with E-state index in [-0.39, 0.29) is 30.5 Å². The van der Waals surface area contributed by atoms with Gasteiger partial charge in [-0.2, -0.15) is 0 Å². The smallest absolute Gasteiger partial charge is 0.271 e. The summed E-state index contributed by atoms with van der Waals surface area (Å²) in [7, 11) is 1.55. The number of hydrogen-bond donors (Lipinski definition) is 3. The molecule has 0 saturated heterocycles. The molecule has 2 amide bonds. The SMILES string of the molecule is CCNc1ccc(C(=O)NCCC(=O)NC)nn1. The van der Waals surface area contributed by atoms with Crippen LogP contribution in [0.4, 0.5) is 5.82 Å². The van der Waals surface area contributed by atoms with Gasteiger partial charge >= 0.3 is 0 Å². The molecule has 0 radical (unpaired) electrons. The Balaban J connectivity index is 2.44. The first-order valence-electron chi connectivity index (χ1n) is 5.73. The van der Waals surface area contributed by atoms with E-state index in [1.807, 2.05) is 6.92 Å². The summed E-state index contributed by atoms with van der Waals surface area (Å²) in [6, 6.07) is 3.27. The summed E-state index contributed by atoms with van der Waals surface area (Å²) in [5.74, 6) is 0.165. The van der Waals surface area contributed by atoms with E-state index in [1.54, 1.807) is 19.2 Å². The van der Waals surface area contributed by atoms with Gasteiger partial charge in [0.15, 0.2) is 5.69 Å². The Morgan fingerprint density at radius 1 is 1.28 bits per heavy atom. The van der Waals surface area contributed by atoms with Crippen molar-refractivity contribution in [2.45, 2.75) is 13.3 Å². The van der Waals surface area contributed by atoms with Crippen molar-refractivity contribution in [1.29, 1.82) is 0 Å². The molecule has 0 atom stereocenters. The number of carbonyl (C=O) groups excluding carboxylic acids is 2. The molecule has 0 aliphatic rings. The van der Waals surface area contributed by atoms with Gasteiger partial charge in [-0.15, -0.1) is 10.2 Å². The highest BCUT2D eigenvalue weighted by Crippen LogP contribution is 2.01. The maximum absolute atomic E-state index is 11.6. The van der Waals surface area contributed by atoms with Crippen LogP contribution in [0.1, 0.15) is 23.8 Å². The number of aromatic nitrogens is 2. The molecular formula is C11H17N5O2. The normalized spacial score (nSPS) is 9.67. The molecule has 0 spiro atoms. The van der Waals surface area contributed by atoms with E-state index < -0.39 is 0 Å². The Labute approximate surface area is 105 Å². The van der Waals surface area contributed by atoms with Crippen molar-refractivity contribution in [3.8, 4) is 0 Å². The lowest BCUT2D eigenvalue weighted by Crippen LogP contribution is -2.29. The van der Waals surface area contributed by atoms with Crippen molar-refractivity contribution in [2.24, 2.45) is 0 Å². The molecule has 7 heteroatoms. The van der Waals surface area contributed by atoms with Crippen LogP contribution < -0.4 is 16.0 Å². The molecule has 1 aromatic rings. The van der Waals surface area contributed by atoms with Crippen LogP contribution in [-0.2, 0) is 4.79 Å². The monoisotopic (exact) mass is 251 g/mol. The van der Waals surface area contributed by atoms with Crippen LogP contribution in [0.25, 0.3) is 0 Å². The highest BCUT2D eigenvalue weighted by Gasteiger charge is 2.08. The third-order valence-electron chi connectivity index (χ3n) is 2.17. The van der Waals surface area contributed by atoms with Crippen molar-refractivity contribution in [3.05, 3.63) is 17.8 Å². The third-order valence-corrected chi connectivity index (χ3v) is 2.17. The molecule has 0 aliphatic heterocycles. The average molecular weight is 251 g/mol. The molecule has 18 heavy (non-hydrogen) atoms. The minimum atomic E-state index is -0.338. The predicted octanol–water partition coefficient (Wildman–Crippen LogP) is -0.226. The van der Waals surface area contributed by atoms with E-state index in [1.165, 1.54) is 0 Å². The molecule has 7 nitrogen and oxygen atoms in total. The number of anilines is 1. The Hall–Kier alpha value is -2.18. The molecule has 0 aliphatic carbocycles. The topological polar surface area (TPSA) is 96.0 Å². The number of nitrogens with zero attached hydrogens (tertiary/aromatic N) is 2. The van der Waals surface area contributed by atoms with Crippen molar-refractivity contribution >= 4 is 17.6 Å². The fourth-order valence-corrected chi connectivity index (χ4v) is 1.23. The first kappa shape index (κ1) is 13.9. The van der Waals surface area contributed by atoms with Crippen molar-refractivity contribution in [2.75, 3.05) is 25.5 Å². The number of carbonyl (C=O) groups is 2. The number of amides is 2. The fraction of sp³-hybridized carbons (Fsp3) is 0.455. The standard InChI is InChI=1S/C11H17N5O2/c1-3-13-9-5-4-8(15-16-9)11(18)14-7-6-10(17)12-2/h4-5H,3,6-7H2,1-2H3,(H,12,17)(H,13,16)(H,14,18). The Morgan fingerprint density at radius 2 is 2.06 bits per heavy atom. The molecule has 98 valence electrons. The molecule has 3 N–H and O–H groups in total. The summed E-state index contributed by atoms with van der Waals surface area (Å²) >= 11 is 0. The summed E-state index contributed by atoms with van der Waals surface area (Å²) in [6.45, 7) is 2.96. The van der Waals surface area contributed by atoms with Gasteiger partial charge in [-0.05, 0) is 19.1 Å². The van der Waals surface area contributed by atoms with Gasteiger partial charge in [-0.3, -0.25) is 9.59 Å². The van der Waals surface area contributed by atoms with Crippen molar-refractivity contribution < 1.29 is 9.59 Å². The Kier molecular flexibility index (Phi) is 5.56. The van der Waals surface area contributed by atoms with Crippen LogP contribution in [0.15, 0.2) is 12.1 Å². The first-order chi connectivity index (χ1) is 8.67. The first-order valence-corrected chi connectivity index (χ1v) is 5.73. The Bertz CT molecular complexity index is 404. The Morgan fingerprint density at radius 3 is 2.61 bits per heavy atom. The zero-order valence-electron chi connectivity index (χ0n) is 10.5. The van der Waals surface area contributed by atoms with E-state index in [9.17, 15) is 9.59 Å². The van der Waals surface area contributed by atoms with Crippen molar-refractivity contribution in [3.63, 3.8) is 0 Å². The van der Waals surface area contributed by atoms with Gasteiger partial charge in [-0.25, -0.2) is 0 Å². The van der Waals surface area contributed by atoms with E-state index in [0.29, 0.717) is 5.82 Å². The highest BCUT2D eigenvalue weighted by atomic mass is 16.2. The predicted molar refractivity (Wildman–Crippen MR) is 67.2 cm³/mol. The molecule has 0 aromatic carbocycles. The van der Waals surface area contributed by atoms with E-state index in [0.717, 1.165) is 6.54 Å². The lowest BCUT2D eigenvalue weighted by atomic mass is 10.3. The van der Waals surface area contributed by atoms with Crippen LogP contribution in [0.3, 0.4) is 0 Å². The van der Waals surface area contributed by atoms with Crippen LogP contribution in [0.2, 0.25) is 0 Å². The molecule has 1 aromatic heterocycles. The number of nitrogens with one attached hydrogen (secondary N) is 3. The van der Waals surface area contributed by atoms with Crippen LogP contribution in [0, 0.1) is 0 Å². The second-order valence-corrected chi connectivity index (χ2v) is 3.51. The molecule has 1 rings (SSSR count). The molecule has 0 saturated carbocycles. The third kappa shape index (κ3) is 4.36. The zero-order valence-corrected chi connectivity index (χ0v) is 10.5. The highest BCUT2D eigenvalue weighted by molar-refractivity contribution is 5.92. The second kappa shape index (κ2) is 7.21. The minimum Gasteiger partial charge on any atom is -0.369 e. The van der Waals surface area contributed by atoms with E-state index >= 15 is 0 Å². The van der Waals surface area contributed by atoms with Crippen LogP contribution in [-0.4, -0.2) is 42.1 Å². The van der Waals surface area contributed by atoms with E-state index in [2.05, 4.69) is 26.1 Å². The molecule has 0 fully saturated rings. The van der Waals surface area contributed by atoms with Gasteiger partial charge in [0, 0.05) is 26.6 Å². The fourth-order valence-electron chi connectivity index (χ4n) is 1.23. The van der Waals surface area contributed by atoms with E-state index in [4.69, 9.17) is 0 Å². The zero-order chi connectivity index (χ0) is 13.4. The maximum atomic E-state index is 11.6. The molecule has 0 unspecified atom stereocenters. The molecular weight excluding hydrogens is 234 g/mol. The number of hydrogen-bond acceptors (Lipinski definition) is 5. The van der Waals surface area contributed by atoms with Gasteiger partial charge in [-0.1, -0.05) is 0 Å². The van der Waals surface area contributed by atoms with Crippen LogP contribution in [0.5, 0.6) is 0 Å². The largest absolute Gasteiger partial charge is 0.369 e. The summed E-state index contributed by atoms with van der Waals surface area (Å²) in [5.41, 5.74) is 0.230. The summed E-state index contributed by atoms with van der Waals surface area (Å²) < 4.78 is 0. The van der Waals surface area contributed by atoms with Gasteiger partial charge < -0.3 is 16.0 Å². The summed E-state index contributed by atoms with van der Waals surface area (Å²) in [4.78, 5) is 22.6. The quantitative estimate of drug-likeness (QED) is 0.649. The van der Waals surface area contributed by atoms with Gasteiger partial charge in [0.1, 0.15) is 5.82 Å². The maximum Gasteiger partial charge on any atom is 0.271 e. The second-order valence-electron chi connectivity index (χ2n) is 3.51. The summed E-state index contributed by atoms with van der Waals surface area (Å²) in [6.07, 6.45) is 0.241. The number of rotatable bonds is 6. The average Bonchev–Trinajstić information content (AvgIpc) is 2.39. The molecule has 1 heterocycles.